The normalized spacial score (nSPS) is 42.7. The van der Waals surface area contributed by atoms with Gasteiger partial charge in [-0.2, -0.15) is 0 Å². The molecule has 3 heteroatoms. The Morgan fingerprint density at radius 2 is 1.89 bits per heavy atom. The van der Waals surface area contributed by atoms with Crippen molar-refractivity contribution in [1.29, 1.82) is 0 Å². The summed E-state index contributed by atoms with van der Waals surface area (Å²) in [5.74, 6) is 1.25. The van der Waals surface area contributed by atoms with Gasteiger partial charge in [-0.1, -0.05) is 20.3 Å². The first-order valence-electron chi connectivity index (χ1n) is 7.35. The number of hydrogen-bond donors (Lipinski definition) is 1. The molecule has 3 nitrogen and oxygen atoms in total. The summed E-state index contributed by atoms with van der Waals surface area (Å²) in [4.78, 5) is 11.3. The maximum absolute atomic E-state index is 11.3. The molecule has 0 bridgehead atoms. The van der Waals surface area contributed by atoms with Gasteiger partial charge in [0.25, 0.3) is 0 Å². The number of fused-ring (bicyclic) bond motifs is 1. The maximum Gasteiger partial charge on any atom is 0.306 e. The number of ether oxygens (including phenoxy) is 1. The number of carboxylic acid groups (broad SMARTS) is 1. The topological polar surface area (TPSA) is 46.5 Å². The van der Waals surface area contributed by atoms with Gasteiger partial charge in [0.05, 0.1) is 18.6 Å². The smallest absolute Gasteiger partial charge is 0.306 e. The van der Waals surface area contributed by atoms with Crippen LogP contribution in [0.1, 0.15) is 46.5 Å². The van der Waals surface area contributed by atoms with E-state index in [1.54, 1.807) is 0 Å². The SMILES string of the molecule is CC1CCC2C(CO1)[C@H](C(C)C(=O)O)CC[C@H]2C. The zero-order valence-corrected chi connectivity index (χ0v) is 11.8. The maximum atomic E-state index is 11.3. The van der Waals surface area contributed by atoms with Crippen LogP contribution in [0.25, 0.3) is 0 Å². The van der Waals surface area contributed by atoms with Gasteiger partial charge in [-0.15, -0.1) is 0 Å². The van der Waals surface area contributed by atoms with Crippen molar-refractivity contribution < 1.29 is 14.6 Å². The molecule has 0 amide bonds. The minimum Gasteiger partial charge on any atom is -0.481 e. The Kier molecular flexibility index (Phi) is 4.31. The molecular weight excluding hydrogens is 228 g/mol. The molecule has 2 fully saturated rings. The van der Waals surface area contributed by atoms with Gasteiger partial charge in [0.1, 0.15) is 0 Å². The standard InChI is InChI=1S/C15H26O3/c1-9-4-6-13(11(3)15(16)17)14-8-18-10(2)5-7-12(9)14/h9-14H,4-8H2,1-3H3,(H,16,17)/t9-,10?,11?,12?,13+,14?/m1/s1. The molecular formula is C15H26O3. The lowest BCUT2D eigenvalue weighted by molar-refractivity contribution is -0.145. The van der Waals surface area contributed by atoms with E-state index in [0.29, 0.717) is 23.9 Å². The molecule has 1 N–H and O–H groups in total. The average Bonchev–Trinajstić information content (AvgIpc) is 2.52. The summed E-state index contributed by atoms with van der Waals surface area (Å²) in [5.41, 5.74) is 0. The first kappa shape index (κ1) is 13.9. The van der Waals surface area contributed by atoms with Gasteiger partial charge in [0.15, 0.2) is 0 Å². The second kappa shape index (κ2) is 5.60. The molecule has 2 aliphatic rings. The van der Waals surface area contributed by atoms with Gasteiger partial charge in [-0.25, -0.2) is 0 Å². The molecule has 0 aromatic rings. The number of carbonyl (C=O) groups is 1. The first-order chi connectivity index (χ1) is 8.50. The third-order valence-electron chi connectivity index (χ3n) is 5.30. The first-order valence-corrected chi connectivity index (χ1v) is 7.35. The molecule has 18 heavy (non-hydrogen) atoms. The van der Waals surface area contributed by atoms with E-state index in [9.17, 15) is 9.90 Å². The van der Waals surface area contributed by atoms with Crippen molar-refractivity contribution in [3.05, 3.63) is 0 Å². The molecule has 6 atom stereocenters. The van der Waals surface area contributed by atoms with Gasteiger partial charge < -0.3 is 9.84 Å². The quantitative estimate of drug-likeness (QED) is 0.823. The van der Waals surface area contributed by atoms with Gasteiger partial charge in [0, 0.05) is 0 Å². The molecule has 2 rings (SSSR count). The molecule has 0 aromatic carbocycles. The molecule has 0 spiro atoms. The third kappa shape index (κ3) is 2.71. The lowest BCUT2D eigenvalue weighted by Gasteiger charge is -2.42. The van der Waals surface area contributed by atoms with E-state index in [-0.39, 0.29) is 5.92 Å². The second-order valence-electron chi connectivity index (χ2n) is 6.39. The Bertz CT molecular complexity index is 302. The van der Waals surface area contributed by atoms with Crippen molar-refractivity contribution in [2.75, 3.05) is 6.61 Å². The molecule has 104 valence electrons. The fraction of sp³-hybridized carbons (Fsp3) is 0.933. The molecule has 0 aromatic heterocycles. The van der Waals surface area contributed by atoms with E-state index in [1.807, 2.05) is 6.92 Å². The number of hydrogen-bond acceptors (Lipinski definition) is 2. The van der Waals surface area contributed by atoms with Crippen LogP contribution in [-0.4, -0.2) is 23.8 Å². The van der Waals surface area contributed by atoms with E-state index in [1.165, 1.54) is 12.8 Å². The van der Waals surface area contributed by atoms with Crippen molar-refractivity contribution in [1.82, 2.24) is 0 Å². The van der Waals surface area contributed by atoms with Crippen LogP contribution in [0, 0.1) is 29.6 Å². The fourth-order valence-corrected chi connectivity index (χ4v) is 3.96. The summed E-state index contributed by atoms with van der Waals surface area (Å²) < 4.78 is 5.89. The van der Waals surface area contributed by atoms with Crippen LogP contribution in [0.4, 0.5) is 0 Å². The van der Waals surface area contributed by atoms with Crippen LogP contribution in [0.2, 0.25) is 0 Å². The lowest BCUT2D eigenvalue weighted by atomic mass is 9.63. The van der Waals surface area contributed by atoms with E-state index < -0.39 is 5.97 Å². The second-order valence-corrected chi connectivity index (χ2v) is 6.39. The van der Waals surface area contributed by atoms with Crippen molar-refractivity contribution in [3.8, 4) is 0 Å². The minimum absolute atomic E-state index is 0.234. The zero-order chi connectivity index (χ0) is 13.3. The molecule has 1 saturated heterocycles. The van der Waals surface area contributed by atoms with Gasteiger partial charge in [-0.3, -0.25) is 4.79 Å². The van der Waals surface area contributed by atoms with Crippen LogP contribution >= 0.6 is 0 Å². The van der Waals surface area contributed by atoms with Crippen molar-refractivity contribution >= 4 is 5.97 Å². The predicted molar refractivity (Wildman–Crippen MR) is 70.3 cm³/mol. The largest absolute Gasteiger partial charge is 0.481 e. The summed E-state index contributed by atoms with van der Waals surface area (Å²) >= 11 is 0. The monoisotopic (exact) mass is 254 g/mol. The van der Waals surface area contributed by atoms with Crippen LogP contribution in [0.3, 0.4) is 0 Å². The van der Waals surface area contributed by atoms with Gasteiger partial charge >= 0.3 is 5.97 Å². The Balaban J connectivity index is 2.15. The van der Waals surface area contributed by atoms with E-state index in [2.05, 4.69) is 13.8 Å². The summed E-state index contributed by atoms with van der Waals surface area (Å²) in [7, 11) is 0. The highest BCUT2D eigenvalue weighted by Gasteiger charge is 2.42. The van der Waals surface area contributed by atoms with Gasteiger partial charge in [-0.05, 0) is 49.9 Å². The molecule has 1 heterocycles. The minimum atomic E-state index is -0.648. The van der Waals surface area contributed by atoms with Crippen LogP contribution in [0.15, 0.2) is 0 Å². The fourth-order valence-electron chi connectivity index (χ4n) is 3.96. The number of carboxylic acids is 1. The Labute approximate surface area is 110 Å². The van der Waals surface area contributed by atoms with Crippen LogP contribution < -0.4 is 0 Å². The number of rotatable bonds is 2. The third-order valence-corrected chi connectivity index (χ3v) is 5.30. The molecule has 1 aliphatic carbocycles. The van der Waals surface area contributed by atoms with Crippen molar-refractivity contribution in [2.24, 2.45) is 29.6 Å². The molecule has 1 aliphatic heterocycles. The van der Waals surface area contributed by atoms with Crippen LogP contribution in [0.5, 0.6) is 0 Å². The zero-order valence-electron chi connectivity index (χ0n) is 11.8. The predicted octanol–water partition coefficient (Wildman–Crippen LogP) is 3.18. The Morgan fingerprint density at radius 1 is 1.17 bits per heavy atom. The molecule has 1 saturated carbocycles. The summed E-state index contributed by atoms with van der Waals surface area (Å²) in [6.45, 7) is 7.10. The lowest BCUT2D eigenvalue weighted by Crippen LogP contribution is -2.40. The molecule has 4 unspecified atom stereocenters. The van der Waals surface area contributed by atoms with E-state index in [4.69, 9.17) is 4.74 Å². The van der Waals surface area contributed by atoms with Crippen molar-refractivity contribution in [3.63, 3.8) is 0 Å². The van der Waals surface area contributed by atoms with E-state index >= 15 is 0 Å². The summed E-state index contributed by atoms with van der Waals surface area (Å²) in [6.07, 6.45) is 4.89. The highest BCUT2D eigenvalue weighted by molar-refractivity contribution is 5.69. The van der Waals surface area contributed by atoms with Crippen molar-refractivity contribution in [2.45, 2.75) is 52.6 Å². The highest BCUT2D eigenvalue weighted by atomic mass is 16.5. The van der Waals surface area contributed by atoms with Crippen LogP contribution in [-0.2, 0) is 9.53 Å². The van der Waals surface area contributed by atoms with E-state index in [0.717, 1.165) is 25.4 Å². The van der Waals surface area contributed by atoms with Gasteiger partial charge in [0.2, 0.25) is 0 Å². The number of aliphatic carboxylic acids is 1. The Morgan fingerprint density at radius 3 is 2.56 bits per heavy atom. The molecule has 0 radical (unpaired) electrons. The summed E-state index contributed by atoms with van der Waals surface area (Å²) in [6, 6.07) is 0. The summed E-state index contributed by atoms with van der Waals surface area (Å²) in [5, 5.41) is 9.27. The average molecular weight is 254 g/mol. The Hall–Kier alpha value is -0.570. The highest BCUT2D eigenvalue weighted by Crippen LogP contribution is 2.46.